The summed E-state index contributed by atoms with van der Waals surface area (Å²) in [4.78, 5) is 26.1. The quantitative estimate of drug-likeness (QED) is 0.943. The molecule has 1 saturated heterocycles. The van der Waals surface area contributed by atoms with Crippen molar-refractivity contribution in [1.29, 1.82) is 0 Å². The van der Waals surface area contributed by atoms with Crippen molar-refractivity contribution in [3.8, 4) is 0 Å². The number of benzene rings is 2. The average Bonchev–Trinajstić information content (AvgIpc) is 2.91. The number of halogens is 1. The van der Waals surface area contributed by atoms with E-state index >= 15 is 0 Å². The number of hydrogen-bond donors (Lipinski definition) is 1. The summed E-state index contributed by atoms with van der Waals surface area (Å²) in [5.74, 6) is -0.603. The van der Waals surface area contributed by atoms with Gasteiger partial charge in [-0.15, -0.1) is 0 Å². The van der Waals surface area contributed by atoms with Gasteiger partial charge in [0.25, 0.3) is 5.91 Å². The van der Waals surface area contributed by atoms with Crippen LogP contribution in [-0.2, 0) is 4.79 Å². The molecule has 1 heterocycles. The van der Waals surface area contributed by atoms with Crippen LogP contribution in [0.1, 0.15) is 27.9 Å². The van der Waals surface area contributed by atoms with Crippen LogP contribution in [-0.4, -0.2) is 24.4 Å². The number of amides is 2. The van der Waals surface area contributed by atoms with Crippen molar-refractivity contribution in [2.75, 3.05) is 11.4 Å². The Morgan fingerprint density at radius 2 is 1.83 bits per heavy atom. The first kappa shape index (κ1) is 16.2. The van der Waals surface area contributed by atoms with Gasteiger partial charge in [-0.2, -0.15) is 0 Å². The van der Waals surface area contributed by atoms with Gasteiger partial charge in [0.2, 0.25) is 5.91 Å². The minimum absolute atomic E-state index is 0.0769. The van der Waals surface area contributed by atoms with Crippen LogP contribution in [0.5, 0.6) is 0 Å². The van der Waals surface area contributed by atoms with Gasteiger partial charge >= 0.3 is 0 Å². The van der Waals surface area contributed by atoms with Crippen molar-refractivity contribution in [2.24, 2.45) is 0 Å². The number of aryl methyl sites for hydroxylation is 2. The second-order valence-corrected chi connectivity index (χ2v) is 6.15. The van der Waals surface area contributed by atoms with Crippen LogP contribution in [0.3, 0.4) is 0 Å². The number of carbonyl (C=O) groups is 2. The van der Waals surface area contributed by atoms with E-state index in [0.29, 0.717) is 17.8 Å². The highest BCUT2D eigenvalue weighted by Gasteiger charge is 2.31. The number of nitrogens with one attached hydrogen (secondary N) is 1. The van der Waals surface area contributed by atoms with Gasteiger partial charge < -0.3 is 10.2 Å². The lowest BCUT2D eigenvalue weighted by atomic mass is 10.1. The molecule has 4 nitrogen and oxygen atoms in total. The number of hydrogen-bond acceptors (Lipinski definition) is 2. The summed E-state index contributed by atoms with van der Waals surface area (Å²) < 4.78 is 13.0. The molecule has 1 N–H and O–H groups in total. The van der Waals surface area contributed by atoms with Gasteiger partial charge in [0.05, 0.1) is 6.04 Å². The lowest BCUT2D eigenvalue weighted by Crippen LogP contribution is -2.37. The molecular formula is C19H19FN2O2. The second-order valence-electron chi connectivity index (χ2n) is 6.15. The van der Waals surface area contributed by atoms with Crippen LogP contribution in [0.2, 0.25) is 0 Å². The van der Waals surface area contributed by atoms with Gasteiger partial charge in [-0.1, -0.05) is 6.07 Å². The predicted octanol–water partition coefficient (Wildman–Crippen LogP) is 2.98. The summed E-state index contributed by atoms with van der Waals surface area (Å²) in [7, 11) is 0. The van der Waals surface area contributed by atoms with E-state index in [1.54, 1.807) is 23.1 Å². The molecular weight excluding hydrogens is 307 g/mol. The molecule has 0 saturated carbocycles. The van der Waals surface area contributed by atoms with Crippen molar-refractivity contribution in [3.05, 3.63) is 65.0 Å². The Hall–Kier alpha value is -2.69. The Kier molecular flexibility index (Phi) is 4.34. The van der Waals surface area contributed by atoms with Crippen molar-refractivity contribution < 1.29 is 14.0 Å². The fourth-order valence-electron chi connectivity index (χ4n) is 2.83. The molecule has 0 aromatic heterocycles. The molecule has 0 spiro atoms. The molecule has 0 unspecified atom stereocenters. The van der Waals surface area contributed by atoms with E-state index in [0.717, 1.165) is 11.1 Å². The van der Waals surface area contributed by atoms with Gasteiger partial charge in [0, 0.05) is 24.2 Å². The Balaban J connectivity index is 1.68. The zero-order valence-corrected chi connectivity index (χ0v) is 13.7. The van der Waals surface area contributed by atoms with Crippen LogP contribution < -0.4 is 10.2 Å². The van der Waals surface area contributed by atoms with Gasteiger partial charge in [-0.25, -0.2) is 4.39 Å². The van der Waals surface area contributed by atoms with E-state index in [9.17, 15) is 14.0 Å². The van der Waals surface area contributed by atoms with Crippen LogP contribution in [0.4, 0.5) is 10.1 Å². The van der Waals surface area contributed by atoms with Crippen molar-refractivity contribution >= 4 is 17.5 Å². The number of anilines is 1. The van der Waals surface area contributed by atoms with Gasteiger partial charge in [-0.05, 0) is 61.4 Å². The van der Waals surface area contributed by atoms with E-state index in [4.69, 9.17) is 0 Å². The average molecular weight is 326 g/mol. The molecule has 0 aliphatic carbocycles. The van der Waals surface area contributed by atoms with Crippen LogP contribution >= 0.6 is 0 Å². The maximum Gasteiger partial charge on any atom is 0.251 e. The van der Waals surface area contributed by atoms with Crippen LogP contribution in [0.15, 0.2) is 42.5 Å². The molecule has 0 radical (unpaired) electrons. The molecule has 2 aromatic carbocycles. The van der Waals surface area contributed by atoms with Gasteiger partial charge in [0.15, 0.2) is 0 Å². The Bertz CT molecular complexity index is 786. The summed E-state index contributed by atoms with van der Waals surface area (Å²) in [5, 5.41) is 2.91. The predicted molar refractivity (Wildman–Crippen MR) is 90.5 cm³/mol. The third-order valence-electron chi connectivity index (χ3n) is 4.37. The summed E-state index contributed by atoms with van der Waals surface area (Å²) in [6, 6.07) is 11.1. The molecule has 5 heteroatoms. The first-order valence-electron chi connectivity index (χ1n) is 7.88. The van der Waals surface area contributed by atoms with E-state index in [-0.39, 0.29) is 30.1 Å². The molecule has 1 fully saturated rings. The monoisotopic (exact) mass is 326 g/mol. The highest BCUT2D eigenvalue weighted by molar-refractivity contribution is 5.99. The summed E-state index contributed by atoms with van der Waals surface area (Å²) in [6.07, 6.45) is 0.244. The smallest absolute Gasteiger partial charge is 0.251 e. The lowest BCUT2D eigenvalue weighted by molar-refractivity contribution is -0.117. The summed E-state index contributed by atoms with van der Waals surface area (Å²) in [5.41, 5.74) is 3.42. The summed E-state index contributed by atoms with van der Waals surface area (Å²) in [6.45, 7) is 4.34. The molecule has 1 atom stereocenters. The maximum atomic E-state index is 13.0. The van der Waals surface area contributed by atoms with Gasteiger partial charge in [0.1, 0.15) is 5.82 Å². The highest BCUT2D eigenvalue weighted by Crippen LogP contribution is 2.22. The Morgan fingerprint density at radius 3 is 2.50 bits per heavy atom. The normalized spacial score (nSPS) is 17.2. The summed E-state index contributed by atoms with van der Waals surface area (Å²) >= 11 is 0. The number of nitrogens with zero attached hydrogens (tertiary/aromatic N) is 1. The number of rotatable bonds is 3. The topological polar surface area (TPSA) is 49.4 Å². The molecule has 124 valence electrons. The fraction of sp³-hybridized carbons (Fsp3) is 0.263. The van der Waals surface area contributed by atoms with E-state index in [2.05, 4.69) is 5.32 Å². The van der Waals surface area contributed by atoms with Crippen molar-refractivity contribution in [1.82, 2.24) is 5.32 Å². The fourth-order valence-corrected chi connectivity index (χ4v) is 2.83. The maximum absolute atomic E-state index is 13.0. The largest absolute Gasteiger partial charge is 0.347 e. The van der Waals surface area contributed by atoms with E-state index in [1.807, 2.05) is 26.0 Å². The third-order valence-corrected chi connectivity index (χ3v) is 4.37. The third kappa shape index (κ3) is 3.30. The number of carbonyl (C=O) groups excluding carboxylic acids is 2. The molecule has 3 rings (SSSR count). The SMILES string of the molecule is Cc1ccc(C(=O)N[C@@H]2CC(=O)N(c3ccc(F)cc3)C2)cc1C. The van der Waals surface area contributed by atoms with Crippen LogP contribution in [0, 0.1) is 19.7 Å². The van der Waals surface area contributed by atoms with E-state index < -0.39 is 0 Å². The Morgan fingerprint density at radius 1 is 1.12 bits per heavy atom. The highest BCUT2D eigenvalue weighted by atomic mass is 19.1. The minimum Gasteiger partial charge on any atom is -0.347 e. The molecule has 2 amide bonds. The van der Waals surface area contributed by atoms with Crippen molar-refractivity contribution in [3.63, 3.8) is 0 Å². The zero-order chi connectivity index (χ0) is 17.3. The Labute approximate surface area is 140 Å². The first-order chi connectivity index (χ1) is 11.4. The molecule has 0 bridgehead atoms. The molecule has 1 aliphatic heterocycles. The second kappa shape index (κ2) is 6.43. The van der Waals surface area contributed by atoms with Gasteiger partial charge in [-0.3, -0.25) is 9.59 Å². The minimum atomic E-state index is -0.343. The zero-order valence-electron chi connectivity index (χ0n) is 13.7. The van der Waals surface area contributed by atoms with E-state index in [1.165, 1.54) is 12.1 Å². The molecule has 2 aromatic rings. The molecule has 24 heavy (non-hydrogen) atoms. The standard InChI is InChI=1S/C19H19FN2O2/c1-12-3-4-14(9-13(12)2)19(24)21-16-10-18(23)22(11-16)17-7-5-15(20)6-8-17/h3-9,16H,10-11H2,1-2H3,(H,21,24)/t16-/m1/s1. The first-order valence-corrected chi connectivity index (χ1v) is 7.88. The van der Waals surface area contributed by atoms with Crippen molar-refractivity contribution in [2.45, 2.75) is 26.3 Å². The van der Waals surface area contributed by atoms with Crippen LogP contribution in [0.25, 0.3) is 0 Å². The molecule has 1 aliphatic rings. The lowest BCUT2D eigenvalue weighted by Gasteiger charge is -2.17.